The number of hydrogen-bond donors (Lipinski definition) is 1. The van der Waals surface area contributed by atoms with Crippen molar-refractivity contribution in [1.29, 1.82) is 0 Å². The van der Waals surface area contributed by atoms with E-state index in [1.807, 2.05) is 0 Å². The maximum absolute atomic E-state index is 14.6. The third kappa shape index (κ3) is 4.20. The third-order valence-electron chi connectivity index (χ3n) is 4.37. The van der Waals surface area contributed by atoms with E-state index in [0.29, 0.717) is 12.8 Å². The SMILES string of the molecule is O=C(NCC1(F)CCCCC1)c1cccc(-c2noc(C(F)(F)F)n2)c1. The summed E-state index contributed by atoms with van der Waals surface area (Å²) >= 11 is 0. The average Bonchev–Trinajstić information content (AvgIpc) is 3.11. The molecule has 3 rings (SSSR count). The Hall–Kier alpha value is -2.45. The number of nitrogens with zero attached hydrogens (tertiary/aromatic N) is 2. The number of carbonyl (C=O) groups is 1. The Morgan fingerprint density at radius 1 is 1.23 bits per heavy atom. The number of amides is 1. The zero-order valence-corrected chi connectivity index (χ0v) is 13.8. The van der Waals surface area contributed by atoms with Crippen molar-refractivity contribution < 1.29 is 26.9 Å². The second-order valence-electron chi connectivity index (χ2n) is 6.40. The van der Waals surface area contributed by atoms with Crippen molar-refractivity contribution in [2.75, 3.05) is 6.54 Å². The Kier molecular flexibility index (Phi) is 4.97. The van der Waals surface area contributed by atoms with Crippen LogP contribution in [-0.2, 0) is 6.18 Å². The van der Waals surface area contributed by atoms with Crippen molar-refractivity contribution in [3.05, 3.63) is 35.7 Å². The van der Waals surface area contributed by atoms with Gasteiger partial charge in [-0.05, 0) is 25.0 Å². The summed E-state index contributed by atoms with van der Waals surface area (Å²) < 4.78 is 56.4. The Morgan fingerprint density at radius 2 is 1.96 bits per heavy atom. The summed E-state index contributed by atoms with van der Waals surface area (Å²) in [5.74, 6) is -2.24. The van der Waals surface area contributed by atoms with Crippen molar-refractivity contribution in [2.45, 2.75) is 43.9 Å². The number of rotatable bonds is 4. The van der Waals surface area contributed by atoms with Gasteiger partial charge < -0.3 is 9.84 Å². The van der Waals surface area contributed by atoms with Crippen molar-refractivity contribution >= 4 is 5.91 Å². The predicted octanol–water partition coefficient (Wildman–Crippen LogP) is 4.16. The van der Waals surface area contributed by atoms with Crippen LogP contribution in [0.25, 0.3) is 11.4 Å². The van der Waals surface area contributed by atoms with Gasteiger partial charge in [0.1, 0.15) is 5.67 Å². The number of hydrogen-bond acceptors (Lipinski definition) is 4. The molecule has 1 aliphatic rings. The summed E-state index contributed by atoms with van der Waals surface area (Å²) in [6.45, 7) is -0.0868. The van der Waals surface area contributed by atoms with Gasteiger partial charge in [-0.3, -0.25) is 4.79 Å². The number of alkyl halides is 4. The molecule has 1 aromatic heterocycles. The van der Waals surface area contributed by atoms with E-state index in [9.17, 15) is 22.4 Å². The first kappa shape index (κ1) is 18.3. The Balaban J connectivity index is 1.70. The molecule has 1 heterocycles. The number of carbonyl (C=O) groups excluding carboxylic acids is 1. The summed E-state index contributed by atoms with van der Waals surface area (Å²) in [4.78, 5) is 15.5. The van der Waals surface area contributed by atoms with E-state index in [2.05, 4.69) is 20.0 Å². The monoisotopic (exact) mass is 371 g/mol. The molecule has 1 N–H and O–H groups in total. The van der Waals surface area contributed by atoms with Gasteiger partial charge in [-0.1, -0.05) is 36.6 Å². The molecule has 1 aromatic carbocycles. The first-order valence-electron chi connectivity index (χ1n) is 8.25. The molecule has 9 heteroatoms. The van der Waals surface area contributed by atoms with Crippen LogP contribution >= 0.6 is 0 Å². The number of aromatic nitrogens is 2. The summed E-state index contributed by atoms with van der Waals surface area (Å²) in [5, 5.41) is 5.85. The quantitative estimate of drug-likeness (QED) is 0.820. The highest BCUT2D eigenvalue weighted by Gasteiger charge is 2.38. The van der Waals surface area contributed by atoms with Crippen molar-refractivity contribution in [2.24, 2.45) is 0 Å². The lowest BCUT2D eigenvalue weighted by Gasteiger charge is -2.29. The normalized spacial score (nSPS) is 17.1. The third-order valence-corrected chi connectivity index (χ3v) is 4.37. The van der Waals surface area contributed by atoms with Crippen molar-refractivity contribution in [1.82, 2.24) is 15.5 Å². The van der Waals surface area contributed by atoms with E-state index in [1.54, 1.807) is 0 Å². The molecule has 1 amide bonds. The molecule has 1 aliphatic carbocycles. The Bertz CT molecular complexity index is 782. The van der Waals surface area contributed by atoms with Crippen molar-refractivity contribution in [3.63, 3.8) is 0 Å². The van der Waals surface area contributed by atoms with Gasteiger partial charge in [-0.15, -0.1) is 0 Å². The first-order chi connectivity index (χ1) is 12.3. The number of nitrogens with one attached hydrogen (secondary N) is 1. The maximum Gasteiger partial charge on any atom is 0.471 e. The van der Waals surface area contributed by atoms with Gasteiger partial charge in [0.2, 0.25) is 5.82 Å². The molecular weight excluding hydrogens is 354 g/mol. The van der Waals surface area contributed by atoms with E-state index in [0.717, 1.165) is 19.3 Å². The van der Waals surface area contributed by atoms with Gasteiger partial charge in [0.05, 0.1) is 6.54 Å². The van der Waals surface area contributed by atoms with Gasteiger partial charge in [0.25, 0.3) is 5.91 Å². The van der Waals surface area contributed by atoms with Crippen LogP contribution < -0.4 is 5.32 Å². The average molecular weight is 371 g/mol. The molecule has 0 aliphatic heterocycles. The lowest BCUT2D eigenvalue weighted by molar-refractivity contribution is -0.159. The lowest BCUT2D eigenvalue weighted by atomic mass is 9.86. The van der Waals surface area contributed by atoms with E-state index in [1.165, 1.54) is 24.3 Å². The van der Waals surface area contributed by atoms with Crippen LogP contribution in [-0.4, -0.2) is 28.3 Å². The molecule has 0 atom stereocenters. The fourth-order valence-electron chi connectivity index (χ4n) is 2.96. The lowest BCUT2D eigenvalue weighted by Crippen LogP contribution is -2.40. The molecule has 0 spiro atoms. The van der Waals surface area contributed by atoms with Gasteiger partial charge >= 0.3 is 12.1 Å². The highest BCUT2D eigenvalue weighted by molar-refractivity contribution is 5.95. The van der Waals surface area contributed by atoms with Crippen LogP contribution in [0, 0.1) is 0 Å². The second-order valence-corrected chi connectivity index (χ2v) is 6.40. The fourth-order valence-corrected chi connectivity index (χ4v) is 2.96. The highest BCUT2D eigenvalue weighted by atomic mass is 19.4. The van der Waals surface area contributed by atoms with E-state index in [4.69, 9.17) is 0 Å². The zero-order chi connectivity index (χ0) is 18.8. The topological polar surface area (TPSA) is 68.0 Å². The summed E-state index contributed by atoms with van der Waals surface area (Å²) in [6.07, 6.45) is -1.34. The van der Waals surface area contributed by atoms with Gasteiger partial charge in [-0.2, -0.15) is 18.2 Å². The fraction of sp³-hybridized carbons (Fsp3) is 0.471. The second kappa shape index (κ2) is 7.05. The molecule has 1 saturated carbocycles. The summed E-state index contributed by atoms with van der Waals surface area (Å²) in [5.41, 5.74) is -1.02. The number of benzene rings is 1. The maximum atomic E-state index is 14.6. The molecule has 2 aromatic rings. The molecule has 1 fully saturated rings. The molecule has 26 heavy (non-hydrogen) atoms. The molecular formula is C17H17F4N3O2. The minimum Gasteiger partial charge on any atom is -0.349 e. The minimum absolute atomic E-state index is 0.0868. The smallest absolute Gasteiger partial charge is 0.349 e. The number of halogens is 4. The van der Waals surface area contributed by atoms with E-state index < -0.39 is 23.6 Å². The summed E-state index contributed by atoms with van der Waals surface area (Å²) in [7, 11) is 0. The molecule has 0 bridgehead atoms. The van der Waals surface area contributed by atoms with Crippen molar-refractivity contribution in [3.8, 4) is 11.4 Å². The van der Waals surface area contributed by atoms with Crippen LogP contribution in [0.2, 0.25) is 0 Å². The van der Waals surface area contributed by atoms with Gasteiger partial charge in [-0.25, -0.2) is 4.39 Å². The Morgan fingerprint density at radius 3 is 2.62 bits per heavy atom. The van der Waals surface area contributed by atoms with E-state index in [-0.39, 0.29) is 23.5 Å². The standard InChI is InChI=1S/C17H17F4N3O2/c18-16(7-2-1-3-8-16)10-22-14(25)12-6-4-5-11(9-12)13-23-15(26-24-13)17(19,20)21/h4-6,9H,1-3,7-8,10H2,(H,22,25). The van der Waals surface area contributed by atoms with Crippen LogP contribution in [0.4, 0.5) is 17.6 Å². The van der Waals surface area contributed by atoms with Gasteiger partial charge in [0, 0.05) is 11.1 Å². The minimum atomic E-state index is -4.74. The molecule has 0 saturated heterocycles. The highest BCUT2D eigenvalue weighted by Crippen LogP contribution is 2.31. The van der Waals surface area contributed by atoms with E-state index >= 15 is 0 Å². The molecule has 5 nitrogen and oxygen atoms in total. The van der Waals surface area contributed by atoms with Crippen LogP contribution in [0.5, 0.6) is 0 Å². The predicted molar refractivity (Wildman–Crippen MR) is 84.0 cm³/mol. The van der Waals surface area contributed by atoms with Crippen LogP contribution in [0.15, 0.2) is 28.8 Å². The van der Waals surface area contributed by atoms with Crippen LogP contribution in [0.3, 0.4) is 0 Å². The molecule has 0 unspecified atom stereocenters. The molecule has 0 radical (unpaired) electrons. The Labute approximate surface area is 146 Å². The molecule has 140 valence electrons. The largest absolute Gasteiger partial charge is 0.471 e. The summed E-state index contributed by atoms with van der Waals surface area (Å²) in [6, 6.07) is 5.76. The van der Waals surface area contributed by atoms with Crippen LogP contribution in [0.1, 0.15) is 48.4 Å². The zero-order valence-electron chi connectivity index (χ0n) is 13.8. The van der Waals surface area contributed by atoms with Gasteiger partial charge in [0.15, 0.2) is 0 Å². The first-order valence-corrected chi connectivity index (χ1v) is 8.25.